The number of rotatable bonds is 11. The molecule has 0 fully saturated rings. The molecule has 2 aliphatic rings. The van der Waals surface area contributed by atoms with Gasteiger partial charge >= 0.3 is 0 Å². The number of hydrogen-bond acceptors (Lipinski definition) is 9. The fourth-order valence-electron chi connectivity index (χ4n) is 5.96. The molecule has 0 atom stereocenters. The van der Waals surface area contributed by atoms with Crippen LogP contribution < -0.4 is 5.32 Å². The van der Waals surface area contributed by atoms with Gasteiger partial charge in [0.2, 0.25) is 0 Å². The van der Waals surface area contributed by atoms with Gasteiger partial charge in [-0.3, -0.25) is 39.4 Å². The normalized spacial score (nSPS) is 12.9. The minimum absolute atomic E-state index is 0.176. The molecule has 2 N–H and O–H groups in total. The van der Waals surface area contributed by atoms with Crippen molar-refractivity contribution in [3.8, 4) is 0 Å². The van der Waals surface area contributed by atoms with E-state index in [0.717, 1.165) is 41.6 Å². The summed E-state index contributed by atoms with van der Waals surface area (Å²) in [5.41, 5.74) is 4.10. The van der Waals surface area contributed by atoms with Gasteiger partial charge in [-0.15, -0.1) is 0 Å². The van der Waals surface area contributed by atoms with Gasteiger partial charge in [0.25, 0.3) is 23.6 Å². The zero-order chi connectivity index (χ0) is 38.7. The Morgan fingerprint density at radius 1 is 0.600 bits per heavy atom. The van der Waals surface area contributed by atoms with E-state index in [2.05, 4.69) is 59.3 Å². The van der Waals surface area contributed by atoms with Crippen LogP contribution in [0.1, 0.15) is 65.4 Å². The second-order valence-electron chi connectivity index (χ2n) is 12.5. The molecule has 8 rings (SSSR count). The summed E-state index contributed by atoms with van der Waals surface area (Å²) >= 11 is 7.00. The molecule has 0 saturated heterocycles. The molecule has 0 aliphatic carbocycles. The highest BCUT2D eigenvalue weighted by atomic mass is 79.9. The summed E-state index contributed by atoms with van der Waals surface area (Å²) in [6, 6.07) is 25.9. The number of imide groups is 2. The first kappa shape index (κ1) is 39.5. The first-order valence-corrected chi connectivity index (χ1v) is 19.0. The Labute approximate surface area is 333 Å². The minimum atomic E-state index is -0.300. The molecule has 0 saturated carbocycles. The van der Waals surface area contributed by atoms with Crippen molar-refractivity contribution in [3.63, 3.8) is 0 Å². The maximum atomic E-state index is 12.3. The van der Waals surface area contributed by atoms with Crippen molar-refractivity contribution in [3.05, 3.63) is 152 Å². The molecule has 2 aromatic heterocycles. The quantitative estimate of drug-likeness (QED) is 0.0990. The number of nitrogens with one attached hydrogen (secondary N) is 1. The van der Waals surface area contributed by atoms with E-state index in [-0.39, 0.29) is 30.2 Å². The van der Waals surface area contributed by atoms with Crippen LogP contribution in [0.25, 0.3) is 21.5 Å². The average molecular weight is 869 g/mol. The molecule has 280 valence electrons. The fraction of sp³-hybridized carbons (Fsp3) is 0.190. The number of carbonyl (C=O) groups excluding carboxylic acids is 4. The monoisotopic (exact) mass is 866 g/mol. The number of hydrogen-bond donors (Lipinski definition) is 2. The minimum Gasteiger partial charge on any atom is -0.396 e. The summed E-state index contributed by atoms with van der Waals surface area (Å²) in [6.45, 7) is 2.66. The number of pyridine rings is 2. The largest absolute Gasteiger partial charge is 0.396 e. The van der Waals surface area contributed by atoms with Gasteiger partial charge in [-0.05, 0) is 103 Å². The van der Waals surface area contributed by atoms with E-state index in [1.54, 1.807) is 60.9 Å². The number of carbonyl (C=O) groups is 4. The highest BCUT2D eigenvalue weighted by molar-refractivity contribution is 9.11. The lowest BCUT2D eigenvalue weighted by molar-refractivity contribution is 0.0618. The molecular weight excluding hydrogens is 832 g/mol. The number of amides is 4. The SMILES string of the molecule is O=C1NC(=O)c2ccccc21.O=C1c2ccccc2C(=O)N1CCCOCc1ccc2cncc(Br)c2c1.OCCCOCc1ccc2cncc(Br)c2c1. The van der Waals surface area contributed by atoms with Crippen LogP contribution in [-0.2, 0) is 22.7 Å². The summed E-state index contributed by atoms with van der Waals surface area (Å²) in [4.78, 5) is 56.1. The van der Waals surface area contributed by atoms with Crippen molar-refractivity contribution in [2.45, 2.75) is 26.1 Å². The number of benzene rings is 4. The zero-order valence-electron chi connectivity index (χ0n) is 29.5. The maximum Gasteiger partial charge on any atom is 0.261 e. The molecule has 13 heteroatoms. The molecule has 4 aromatic carbocycles. The Morgan fingerprint density at radius 3 is 1.53 bits per heavy atom. The van der Waals surface area contributed by atoms with Crippen LogP contribution in [0.2, 0.25) is 0 Å². The van der Waals surface area contributed by atoms with Crippen LogP contribution in [-0.4, -0.2) is 70.0 Å². The molecule has 11 nitrogen and oxygen atoms in total. The van der Waals surface area contributed by atoms with Crippen LogP contribution in [0.5, 0.6) is 0 Å². The van der Waals surface area contributed by atoms with E-state index < -0.39 is 0 Å². The predicted octanol–water partition coefficient (Wildman–Crippen LogP) is 7.67. The van der Waals surface area contributed by atoms with E-state index in [1.165, 1.54) is 4.90 Å². The molecule has 0 bridgehead atoms. The first-order chi connectivity index (χ1) is 26.7. The van der Waals surface area contributed by atoms with E-state index in [1.807, 2.05) is 36.7 Å². The van der Waals surface area contributed by atoms with Gasteiger partial charge in [0.15, 0.2) is 0 Å². The smallest absolute Gasteiger partial charge is 0.261 e. The number of fused-ring (bicyclic) bond motifs is 4. The van der Waals surface area contributed by atoms with Crippen molar-refractivity contribution in [2.24, 2.45) is 0 Å². The fourth-order valence-corrected chi connectivity index (χ4v) is 6.88. The van der Waals surface area contributed by atoms with Crippen LogP contribution in [0, 0.1) is 0 Å². The molecule has 0 unspecified atom stereocenters. The van der Waals surface area contributed by atoms with Crippen molar-refractivity contribution >= 4 is 77.0 Å². The standard InChI is InChI=1S/C21H17BrN2O3.C13H14BrNO2.C8H5NO2/c22-19-12-23-11-15-7-6-14(10-18(15)19)13-27-9-3-8-24-20(25)16-4-1-2-5-17(16)21(24)26;14-13-8-15-7-11-3-2-10(6-12(11)13)9-17-5-1-4-16;10-7-5-3-1-2-4-6(5)8(11)9-7/h1-2,4-7,10-12H,3,8-9,13H2;2-3,6-8,16H,1,4-5,9H2;1-4H,(H,9,10,11). The topological polar surface area (TPSA) is 148 Å². The van der Waals surface area contributed by atoms with E-state index in [9.17, 15) is 19.2 Å². The summed E-state index contributed by atoms with van der Waals surface area (Å²) in [5.74, 6) is -1.04. The lowest BCUT2D eigenvalue weighted by Crippen LogP contribution is -2.31. The number of aromatic nitrogens is 2. The third kappa shape index (κ3) is 9.74. The van der Waals surface area contributed by atoms with Crippen LogP contribution >= 0.6 is 31.9 Å². The molecule has 6 aromatic rings. The number of halogens is 2. The van der Waals surface area contributed by atoms with Gasteiger partial charge in [0, 0.05) is 70.9 Å². The van der Waals surface area contributed by atoms with Gasteiger partial charge in [0.1, 0.15) is 0 Å². The number of aliphatic hydroxyl groups is 1. The molecule has 2 aliphatic heterocycles. The molecule has 4 amide bonds. The molecule has 55 heavy (non-hydrogen) atoms. The van der Waals surface area contributed by atoms with Gasteiger partial charge in [-0.1, -0.05) is 48.5 Å². The van der Waals surface area contributed by atoms with E-state index in [4.69, 9.17) is 14.6 Å². The first-order valence-electron chi connectivity index (χ1n) is 17.5. The van der Waals surface area contributed by atoms with Crippen molar-refractivity contribution in [1.29, 1.82) is 0 Å². The van der Waals surface area contributed by atoms with Gasteiger partial charge in [-0.2, -0.15) is 0 Å². The van der Waals surface area contributed by atoms with Crippen LogP contribution in [0.15, 0.2) is 119 Å². The lowest BCUT2D eigenvalue weighted by atomic mass is 10.1. The summed E-state index contributed by atoms with van der Waals surface area (Å²) < 4.78 is 13.1. The number of aliphatic hydroxyl groups excluding tert-OH is 1. The number of ether oxygens (including phenoxy) is 2. The van der Waals surface area contributed by atoms with Gasteiger partial charge in [0.05, 0.1) is 35.5 Å². The van der Waals surface area contributed by atoms with Crippen LogP contribution in [0.4, 0.5) is 0 Å². The molecule has 0 spiro atoms. The van der Waals surface area contributed by atoms with Crippen molar-refractivity contribution in [2.75, 3.05) is 26.4 Å². The Hall–Kier alpha value is -5.18. The third-order valence-corrected chi connectivity index (χ3v) is 9.99. The third-order valence-electron chi connectivity index (χ3n) is 8.73. The second kappa shape index (κ2) is 18.9. The van der Waals surface area contributed by atoms with E-state index >= 15 is 0 Å². The Balaban J connectivity index is 0.000000156. The lowest BCUT2D eigenvalue weighted by Gasteiger charge is -2.13. The number of nitrogens with zero attached hydrogens (tertiary/aromatic N) is 3. The van der Waals surface area contributed by atoms with Gasteiger partial charge in [-0.25, -0.2) is 0 Å². The second-order valence-corrected chi connectivity index (χ2v) is 14.2. The Bertz CT molecular complexity index is 2300. The molecule has 0 radical (unpaired) electrons. The maximum absolute atomic E-state index is 12.3. The average Bonchev–Trinajstić information content (AvgIpc) is 3.63. The van der Waals surface area contributed by atoms with Crippen molar-refractivity contribution < 1.29 is 33.8 Å². The van der Waals surface area contributed by atoms with E-state index in [0.29, 0.717) is 68.1 Å². The summed E-state index contributed by atoms with van der Waals surface area (Å²) in [6.07, 6.45) is 8.52. The molecule has 4 heterocycles. The Kier molecular flexibility index (Phi) is 13.6. The highest BCUT2D eigenvalue weighted by Gasteiger charge is 2.34. The van der Waals surface area contributed by atoms with Crippen LogP contribution in [0.3, 0.4) is 0 Å². The van der Waals surface area contributed by atoms with Gasteiger partial charge < -0.3 is 14.6 Å². The summed E-state index contributed by atoms with van der Waals surface area (Å²) in [7, 11) is 0. The van der Waals surface area contributed by atoms with Crippen molar-refractivity contribution in [1.82, 2.24) is 20.2 Å². The Morgan fingerprint density at radius 2 is 1.05 bits per heavy atom. The summed E-state index contributed by atoms with van der Waals surface area (Å²) in [5, 5.41) is 15.3. The molecular formula is C42H36Br2N4O7. The zero-order valence-corrected chi connectivity index (χ0v) is 32.7. The highest BCUT2D eigenvalue weighted by Crippen LogP contribution is 2.26. The predicted molar refractivity (Wildman–Crippen MR) is 215 cm³/mol.